The fourth-order valence-corrected chi connectivity index (χ4v) is 1.57. The molecule has 0 fully saturated rings. The summed E-state index contributed by atoms with van der Waals surface area (Å²) in [5.41, 5.74) is 1.47. The Morgan fingerprint density at radius 1 is 1.56 bits per heavy atom. The highest BCUT2D eigenvalue weighted by Crippen LogP contribution is 2.08. The number of rotatable bonds is 3. The smallest absolute Gasteiger partial charge is 0.291 e. The minimum Gasteiger partial charge on any atom is -0.335 e. The van der Waals surface area contributed by atoms with Crippen molar-refractivity contribution in [1.29, 1.82) is 5.26 Å². The number of benzene rings is 1. The summed E-state index contributed by atoms with van der Waals surface area (Å²) in [6.45, 7) is 0.412. The van der Waals surface area contributed by atoms with Gasteiger partial charge in [0.05, 0.1) is 11.6 Å². The van der Waals surface area contributed by atoms with Gasteiger partial charge < -0.3 is 4.90 Å². The molecule has 0 bridgehead atoms. The Labute approximate surface area is 104 Å². The van der Waals surface area contributed by atoms with Crippen molar-refractivity contribution in [1.82, 2.24) is 20.1 Å². The third-order valence-electron chi connectivity index (χ3n) is 2.44. The molecule has 6 heteroatoms. The Kier molecular flexibility index (Phi) is 3.34. The second-order valence-electron chi connectivity index (χ2n) is 3.81. The van der Waals surface area contributed by atoms with Crippen molar-refractivity contribution in [2.45, 2.75) is 6.54 Å². The first-order chi connectivity index (χ1) is 8.70. The molecule has 6 nitrogen and oxygen atoms in total. The number of aromatic amines is 1. The minimum absolute atomic E-state index is 0.203. The van der Waals surface area contributed by atoms with Crippen LogP contribution >= 0.6 is 0 Å². The lowest BCUT2D eigenvalue weighted by Crippen LogP contribution is -2.27. The maximum absolute atomic E-state index is 11.9. The highest BCUT2D eigenvalue weighted by atomic mass is 16.2. The lowest BCUT2D eigenvalue weighted by atomic mass is 10.1. The van der Waals surface area contributed by atoms with Crippen LogP contribution in [0.1, 0.15) is 21.7 Å². The van der Waals surface area contributed by atoms with Crippen LogP contribution in [0.2, 0.25) is 0 Å². The lowest BCUT2D eigenvalue weighted by Gasteiger charge is -2.15. The van der Waals surface area contributed by atoms with Gasteiger partial charge in [-0.25, -0.2) is 4.98 Å². The molecular weight excluding hydrogens is 230 g/mol. The van der Waals surface area contributed by atoms with Crippen LogP contribution in [-0.4, -0.2) is 33.0 Å². The molecular formula is C12H11N5O. The molecule has 0 unspecified atom stereocenters. The highest BCUT2D eigenvalue weighted by Gasteiger charge is 2.14. The molecule has 1 amide bonds. The van der Waals surface area contributed by atoms with Crippen LogP contribution in [0.3, 0.4) is 0 Å². The van der Waals surface area contributed by atoms with Crippen molar-refractivity contribution in [3.8, 4) is 6.07 Å². The number of hydrogen-bond donors (Lipinski definition) is 1. The van der Waals surface area contributed by atoms with Crippen molar-refractivity contribution < 1.29 is 4.79 Å². The summed E-state index contributed by atoms with van der Waals surface area (Å²) in [5, 5.41) is 15.0. The predicted molar refractivity (Wildman–Crippen MR) is 63.3 cm³/mol. The van der Waals surface area contributed by atoms with Crippen molar-refractivity contribution >= 4 is 5.91 Å². The fraction of sp³-hybridized carbons (Fsp3) is 0.167. The minimum atomic E-state index is -0.241. The number of H-pyrrole nitrogens is 1. The first-order valence-corrected chi connectivity index (χ1v) is 5.30. The Balaban J connectivity index is 2.09. The second kappa shape index (κ2) is 5.10. The molecule has 0 saturated heterocycles. The summed E-state index contributed by atoms with van der Waals surface area (Å²) >= 11 is 0. The maximum atomic E-state index is 11.9. The number of nitriles is 1. The Morgan fingerprint density at radius 2 is 2.39 bits per heavy atom. The van der Waals surface area contributed by atoms with E-state index in [0.29, 0.717) is 12.1 Å². The molecule has 1 N–H and O–H groups in total. The van der Waals surface area contributed by atoms with Crippen LogP contribution in [-0.2, 0) is 6.54 Å². The van der Waals surface area contributed by atoms with Gasteiger partial charge in [0, 0.05) is 13.6 Å². The van der Waals surface area contributed by atoms with Gasteiger partial charge in [-0.1, -0.05) is 12.1 Å². The third kappa shape index (κ3) is 2.52. The molecule has 1 aromatic heterocycles. The number of nitrogens with one attached hydrogen (secondary N) is 1. The summed E-state index contributed by atoms with van der Waals surface area (Å²) < 4.78 is 0. The number of aromatic nitrogens is 3. The summed E-state index contributed by atoms with van der Waals surface area (Å²) in [6.07, 6.45) is 1.29. The summed E-state index contributed by atoms with van der Waals surface area (Å²) in [6, 6.07) is 9.20. The number of carbonyl (C=O) groups excluding carboxylic acids is 1. The van der Waals surface area contributed by atoms with Gasteiger partial charge in [-0.05, 0) is 17.7 Å². The quantitative estimate of drug-likeness (QED) is 0.866. The van der Waals surface area contributed by atoms with E-state index in [1.54, 1.807) is 25.2 Å². The lowest BCUT2D eigenvalue weighted by molar-refractivity contribution is 0.0773. The zero-order valence-electron chi connectivity index (χ0n) is 9.79. The topological polar surface area (TPSA) is 85.7 Å². The van der Waals surface area contributed by atoms with Crippen molar-refractivity contribution in [3.63, 3.8) is 0 Å². The van der Waals surface area contributed by atoms with E-state index in [0.717, 1.165) is 5.56 Å². The fourth-order valence-electron chi connectivity index (χ4n) is 1.57. The normalized spacial score (nSPS) is 9.78. The highest BCUT2D eigenvalue weighted by molar-refractivity contribution is 5.90. The van der Waals surface area contributed by atoms with E-state index in [4.69, 9.17) is 5.26 Å². The number of hydrogen-bond acceptors (Lipinski definition) is 4. The zero-order chi connectivity index (χ0) is 13.0. The van der Waals surface area contributed by atoms with Crippen LogP contribution in [0, 0.1) is 11.3 Å². The maximum Gasteiger partial charge on any atom is 0.291 e. The molecule has 2 rings (SSSR count). The molecule has 0 spiro atoms. The largest absolute Gasteiger partial charge is 0.335 e. The van der Waals surface area contributed by atoms with Gasteiger partial charge in [-0.2, -0.15) is 10.4 Å². The average molecular weight is 241 g/mol. The summed E-state index contributed by atoms with van der Waals surface area (Å²) in [7, 11) is 1.67. The molecule has 0 aliphatic heterocycles. The number of amides is 1. The predicted octanol–water partition coefficient (Wildman–Crippen LogP) is 0.949. The molecule has 0 radical (unpaired) electrons. The third-order valence-corrected chi connectivity index (χ3v) is 2.44. The average Bonchev–Trinajstić information content (AvgIpc) is 2.92. The Morgan fingerprint density at radius 3 is 3.06 bits per heavy atom. The van der Waals surface area contributed by atoms with Gasteiger partial charge in [-0.15, -0.1) is 0 Å². The molecule has 1 aromatic carbocycles. The monoisotopic (exact) mass is 241 g/mol. The van der Waals surface area contributed by atoms with Crippen molar-refractivity contribution in [3.05, 3.63) is 47.5 Å². The van der Waals surface area contributed by atoms with Gasteiger partial charge in [-0.3, -0.25) is 9.89 Å². The van der Waals surface area contributed by atoms with E-state index in [-0.39, 0.29) is 11.7 Å². The SMILES string of the molecule is CN(Cc1cccc(C#N)c1)C(=O)c1ncn[nH]1. The van der Waals surface area contributed by atoms with Crippen LogP contribution in [0.15, 0.2) is 30.6 Å². The van der Waals surface area contributed by atoms with E-state index in [1.807, 2.05) is 6.07 Å². The molecule has 0 aliphatic rings. The summed E-state index contributed by atoms with van der Waals surface area (Å²) in [4.78, 5) is 17.2. The molecule has 0 atom stereocenters. The van der Waals surface area contributed by atoms with Crippen molar-refractivity contribution in [2.75, 3.05) is 7.05 Å². The van der Waals surface area contributed by atoms with E-state index in [2.05, 4.69) is 21.3 Å². The number of nitrogens with zero attached hydrogens (tertiary/aromatic N) is 4. The number of carbonyl (C=O) groups is 1. The van der Waals surface area contributed by atoms with Crippen LogP contribution < -0.4 is 0 Å². The van der Waals surface area contributed by atoms with Gasteiger partial charge in [0.15, 0.2) is 0 Å². The van der Waals surface area contributed by atoms with E-state index < -0.39 is 0 Å². The van der Waals surface area contributed by atoms with Crippen molar-refractivity contribution in [2.24, 2.45) is 0 Å². The van der Waals surface area contributed by atoms with E-state index in [1.165, 1.54) is 11.2 Å². The molecule has 18 heavy (non-hydrogen) atoms. The van der Waals surface area contributed by atoms with Crippen LogP contribution in [0.4, 0.5) is 0 Å². The van der Waals surface area contributed by atoms with Gasteiger partial charge in [0.25, 0.3) is 5.91 Å². The zero-order valence-corrected chi connectivity index (χ0v) is 9.79. The molecule has 90 valence electrons. The standard InChI is InChI=1S/C12H11N5O/c1-17(12(18)11-14-8-15-16-11)7-10-4-2-3-9(5-10)6-13/h2-5,8H,7H2,1H3,(H,14,15,16). The van der Waals surface area contributed by atoms with Gasteiger partial charge in [0.2, 0.25) is 5.82 Å². The van der Waals surface area contributed by atoms with Gasteiger partial charge >= 0.3 is 0 Å². The molecule has 1 heterocycles. The second-order valence-corrected chi connectivity index (χ2v) is 3.81. The Bertz CT molecular complexity index is 585. The molecule has 2 aromatic rings. The van der Waals surface area contributed by atoms with E-state index in [9.17, 15) is 4.79 Å². The molecule has 0 aliphatic carbocycles. The first kappa shape index (κ1) is 11.8. The van der Waals surface area contributed by atoms with E-state index >= 15 is 0 Å². The first-order valence-electron chi connectivity index (χ1n) is 5.30. The Hall–Kier alpha value is -2.68. The molecule has 0 saturated carbocycles. The van der Waals surface area contributed by atoms with Crippen LogP contribution in [0.5, 0.6) is 0 Å². The summed E-state index contributed by atoms with van der Waals surface area (Å²) in [5.74, 6) is -0.0381. The van der Waals surface area contributed by atoms with Gasteiger partial charge in [0.1, 0.15) is 6.33 Å². The van der Waals surface area contributed by atoms with Crippen LogP contribution in [0.25, 0.3) is 0 Å².